The van der Waals surface area contributed by atoms with Crippen molar-refractivity contribution < 1.29 is 13.2 Å². The summed E-state index contributed by atoms with van der Waals surface area (Å²) in [4.78, 5) is 7.41. The van der Waals surface area contributed by atoms with Crippen LogP contribution in [0.1, 0.15) is 6.92 Å². The van der Waals surface area contributed by atoms with Crippen LogP contribution in [-0.2, 0) is 10.0 Å². The highest BCUT2D eigenvalue weighted by Gasteiger charge is 2.13. The molecule has 1 aromatic rings. The summed E-state index contributed by atoms with van der Waals surface area (Å²) in [7, 11) is -2.06. The normalized spacial score (nSPS) is 11.3. The number of methoxy groups -OCH3 is 1. The summed E-state index contributed by atoms with van der Waals surface area (Å²) < 4.78 is 29.8. The minimum Gasteiger partial charge on any atom is -0.467 e. The fourth-order valence-electron chi connectivity index (χ4n) is 0.822. The molecule has 0 saturated heterocycles. The van der Waals surface area contributed by atoms with Crippen molar-refractivity contribution >= 4 is 10.0 Å². The minimum atomic E-state index is -3.47. The predicted molar refractivity (Wildman–Crippen MR) is 49.4 cm³/mol. The number of hydrogen-bond acceptors (Lipinski definition) is 5. The molecule has 0 radical (unpaired) electrons. The Labute approximate surface area is 82.4 Å². The molecule has 0 aromatic carbocycles. The number of hydrogen-bond donors (Lipinski definition) is 1. The lowest BCUT2D eigenvalue weighted by Crippen LogP contribution is -2.23. The maximum absolute atomic E-state index is 11.4. The lowest BCUT2D eigenvalue weighted by molar-refractivity contribution is 0.378. The molecule has 14 heavy (non-hydrogen) atoms. The first kappa shape index (κ1) is 10.9. The standard InChI is InChI=1S/C7H11N3O3S/c1-3-10-14(11,12)6-4-8-7(13-2)9-5-6/h4-5,10H,3H2,1-2H3. The topological polar surface area (TPSA) is 81.2 Å². The molecule has 0 aliphatic rings. The van der Waals surface area contributed by atoms with Gasteiger partial charge in [-0.2, -0.15) is 0 Å². The molecule has 6 nitrogen and oxygen atoms in total. The van der Waals surface area contributed by atoms with Crippen LogP contribution in [0.5, 0.6) is 6.01 Å². The zero-order valence-electron chi connectivity index (χ0n) is 7.89. The van der Waals surface area contributed by atoms with Gasteiger partial charge in [-0.1, -0.05) is 6.92 Å². The summed E-state index contributed by atoms with van der Waals surface area (Å²) in [5, 5.41) is 0. The van der Waals surface area contributed by atoms with Gasteiger partial charge < -0.3 is 4.74 Å². The van der Waals surface area contributed by atoms with Crippen LogP contribution in [-0.4, -0.2) is 32.0 Å². The molecule has 0 unspecified atom stereocenters. The second-order valence-electron chi connectivity index (χ2n) is 2.41. The number of aromatic nitrogens is 2. The predicted octanol–water partition coefficient (Wildman–Crippen LogP) is -0.217. The number of rotatable bonds is 4. The molecule has 1 N–H and O–H groups in total. The van der Waals surface area contributed by atoms with Gasteiger partial charge in [0, 0.05) is 6.54 Å². The fourth-order valence-corrected chi connectivity index (χ4v) is 1.75. The van der Waals surface area contributed by atoms with E-state index in [0.29, 0.717) is 6.54 Å². The Morgan fingerprint density at radius 2 is 2.00 bits per heavy atom. The maximum atomic E-state index is 11.4. The summed E-state index contributed by atoms with van der Waals surface area (Å²) in [5.74, 6) is 0. The average Bonchev–Trinajstić information content (AvgIpc) is 2.18. The third-order valence-corrected chi connectivity index (χ3v) is 2.93. The first-order chi connectivity index (χ1) is 6.60. The Morgan fingerprint density at radius 1 is 1.43 bits per heavy atom. The zero-order chi connectivity index (χ0) is 10.6. The Morgan fingerprint density at radius 3 is 2.43 bits per heavy atom. The van der Waals surface area contributed by atoms with Gasteiger partial charge in [0.15, 0.2) is 0 Å². The van der Waals surface area contributed by atoms with Crippen molar-refractivity contribution in [3.8, 4) is 6.01 Å². The van der Waals surface area contributed by atoms with Crippen LogP contribution in [0.2, 0.25) is 0 Å². The third-order valence-electron chi connectivity index (χ3n) is 1.43. The molecular formula is C7H11N3O3S. The van der Waals surface area contributed by atoms with Gasteiger partial charge >= 0.3 is 6.01 Å². The van der Waals surface area contributed by atoms with Crippen molar-refractivity contribution in [2.45, 2.75) is 11.8 Å². The molecule has 1 aromatic heterocycles. The van der Waals surface area contributed by atoms with E-state index in [-0.39, 0.29) is 10.9 Å². The first-order valence-electron chi connectivity index (χ1n) is 3.96. The van der Waals surface area contributed by atoms with Crippen LogP contribution in [0.15, 0.2) is 17.3 Å². The van der Waals surface area contributed by atoms with Crippen molar-refractivity contribution in [2.24, 2.45) is 0 Å². The Kier molecular flexibility index (Phi) is 3.37. The lowest BCUT2D eigenvalue weighted by atomic mass is 10.7. The van der Waals surface area contributed by atoms with Gasteiger partial charge in [-0.3, -0.25) is 0 Å². The molecule has 0 amide bonds. The van der Waals surface area contributed by atoms with Gasteiger partial charge in [0.2, 0.25) is 10.0 Å². The Hall–Kier alpha value is -1.21. The van der Waals surface area contributed by atoms with Crippen LogP contribution in [0.3, 0.4) is 0 Å². The van der Waals surface area contributed by atoms with Crippen LogP contribution < -0.4 is 9.46 Å². The van der Waals surface area contributed by atoms with Crippen LogP contribution in [0.4, 0.5) is 0 Å². The second-order valence-corrected chi connectivity index (χ2v) is 4.17. The fraction of sp³-hybridized carbons (Fsp3) is 0.429. The van der Waals surface area contributed by atoms with Crippen molar-refractivity contribution in [2.75, 3.05) is 13.7 Å². The number of nitrogens with one attached hydrogen (secondary N) is 1. The maximum Gasteiger partial charge on any atom is 0.316 e. The SMILES string of the molecule is CCNS(=O)(=O)c1cnc(OC)nc1. The Balaban J connectivity index is 2.97. The molecule has 0 bridgehead atoms. The molecule has 7 heteroatoms. The van der Waals surface area contributed by atoms with Gasteiger partial charge in [0.05, 0.1) is 19.5 Å². The highest BCUT2D eigenvalue weighted by molar-refractivity contribution is 7.89. The monoisotopic (exact) mass is 217 g/mol. The molecule has 0 aliphatic heterocycles. The van der Waals surface area contributed by atoms with Gasteiger partial charge in [-0.15, -0.1) is 0 Å². The molecule has 0 saturated carbocycles. The van der Waals surface area contributed by atoms with Crippen molar-refractivity contribution in [3.05, 3.63) is 12.4 Å². The quantitative estimate of drug-likeness (QED) is 0.754. The Bertz CT molecular complexity index is 387. The van der Waals surface area contributed by atoms with Gasteiger partial charge in [-0.05, 0) is 0 Å². The minimum absolute atomic E-state index is 0.0279. The highest BCUT2D eigenvalue weighted by Crippen LogP contribution is 2.07. The number of sulfonamides is 1. The number of nitrogens with zero attached hydrogens (tertiary/aromatic N) is 2. The van der Waals surface area contributed by atoms with Crippen LogP contribution >= 0.6 is 0 Å². The second kappa shape index (κ2) is 4.34. The van der Waals surface area contributed by atoms with E-state index in [4.69, 9.17) is 4.74 Å². The molecule has 0 fully saturated rings. The summed E-state index contributed by atoms with van der Waals surface area (Å²) in [6, 6.07) is 0.139. The van der Waals surface area contributed by atoms with E-state index in [1.807, 2.05) is 0 Å². The molecular weight excluding hydrogens is 206 g/mol. The van der Waals surface area contributed by atoms with E-state index >= 15 is 0 Å². The van der Waals surface area contributed by atoms with Crippen molar-refractivity contribution in [1.82, 2.24) is 14.7 Å². The summed E-state index contributed by atoms with van der Waals surface area (Å²) in [5.41, 5.74) is 0. The zero-order valence-corrected chi connectivity index (χ0v) is 8.71. The molecule has 78 valence electrons. The first-order valence-corrected chi connectivity index (χ1v) is 5.44. The van der Waals surface area contributed by atoms with Gasteiger partial charge in [-0.25, -0.2) is 23.1 Å². The van der Waals surface area contributed by atoms with E-state index in [1.54, 1.807) is 6.92 Å². The van der Waals surface area contributed by atoms with Crippen molar-refractivity contribution in [1.29, 1.82) is 0 Å². The van der Waals surface area contributed by atoms with E-state index < -0.39 is 10.0 Å². The molecule has 1 heterocycles. The van der Waals surface area contributed by atoms with E-state index in [1.165, 1.54) is 19.5 Å². The van der Waals surface area contributed by atoms with E-state index in [9.17, 15) is 8.42 Å². The third kappa shape index (κ3) is 2.39. The molecule has 0 spiro atoms. The summed E-state index contributed by atoms with van der Waals surface area (Å²) in [6.07, 6.45) is 2.40. The summed E-state index contributed by atoms with van der Waals surface area (Å²) in [6.45, 7) is 2.02. The number of ether oxygens (including phenoxy) is 1. The molecule has 0 aliphatic carbocycles. The average molecular weight is 217 g/mol. The lowest BCUT2D eigenvalue weighted by Gasteiger charge is -2.03. The van der Waals surface area contributed by atoms with E-state index in [0.717, 1.165) is 0 Å². The van der Waals surface area contributed by atoms with Gasteiger partial charge in [0.1, 0.15) is 4.90 Å². The highest BCUT2D eigenvalue weighted by atomic mass is 32.2. The smallest absolute Gasteiger partial charge is 0.316 e. The van der Waals surface area contributed by atoms with Gasteiger partial charge in [0.25, 0.3) is 0 Å². The largest absolute Gasteiger partial charge is 0.467 e. The van der Waals surface area contributed by atoms with Crippen LogP contribution in [0, 0.1) is 0 Å². The van der Waals surface area contributed by atoms with Crippen molar-refractivity contribution in [3.63, 3.8) is 0 Å². The molecule has 0 atom stereocenters. The van der Waals surface area contributed by atoms with E-state index in [2.05, 4.69) is 14.7 Å². The van der Waals surface area contributed by atoms with Crippen LogP contribution in [0.25, 0.3) is 0 Å². The summed E-state index contributed by atoms with van der Waals surface area (Å²) >= 11 is 0. The molecule has 1 rings (SSSR count).